The number of rotatable bonds is 8. The highest BCUT2D eigenvalue weighted by molar-refractivity contribution is 5.77. The molecule has 0 aliphatic heterocycles. The molecule has 0 N–H and O–H groups in total. The SMILES string of the molecule is CCOc1ccc(OC(=O)C2CCC(C(=O)Oc3ccc(OCC)cc3)CC2)cc1. The van der Waals surface area contributed by atoms with Crippen molar-refractivity contribution >= 4 is 11.9 Å². The molecule has 2 aromatic rings. The van der Waals surface area contributed by atoms with Crippen molar-refractivity contribution in [2.45, 2.75) is 39.5 Å². The Morgan fingerprint density at radius 3 is 1.23 bits per heavy atom. The van der Waals surface area contributed by atoms with Crippen molar-refractivity contribution in [3.63, 3.8) is 0 Å². The molecule has 0 saturated heterocycles. The molecule has 0 atom stereocenters. The minimum absolute atomic E-state index is 0.203. The predicted octanol–water partition coefficient (Wildman–Crippen LogP) is 4.80. The van der Waals surface area contributed by atoms with E-state index in [0.29, 0.717) is 50.4 Å². The highest BCUT2D eigenvalue weighted by Crippen LogP contribution is 2.31. The molecular formula is C24H28O6. The van der Waals surface area contributed by atoms with Gasteiger partial charge >= 0.3 is 11.9 Å². The van der Waals surface area contributed by atoms with Crippen molar-refractivity contribution in [2.24, 2.45) is 11.8 Å². The second-order valence-corrected chi connectivity index (χ2v) is 7.20. The summed E-state index contributed by atoms with van der Waals surface area (Å²) in [6.07, 6.45) is 2.44. The van der Waals surface area contributed by atoms with Crippen LogP contribution in [-0.4, -0.2) is 25.2 Å². The van der Waals surface area contributed by atoms with Gasteiger partial charge in [0.15, 0.2) is 0 Å². The zero-order valence-electron chi connectivity index (χ0n) is 17.5. The second-order valence-electron chi connectivity index (χ2n) is 7.20. The zero-order chi connectivity index (χ0) is 21.3. The van der Waals surface area contributed by atoms with Crippen LogP contribution >= 0.6 is 0 Å². The van der Waals surface area contributed by atoms with E-state index in [-0.39, 0.29) is 23.8 Å². The molecule has 0 heterocycles. The topological polar surface area (TPSA) is 71.1 Å². The van der Waals surface area contributed by atoms with E-state index in [9.17, 15) is 9.59 Å². The molecule has 0 radical (unpaired) electrons. The fourth-order valence-corrected chi connectivity index (χ4v) is 3.50. The van der Waals surface area contributed by atoms with E-state index in [0.717, 1.165) is 11.5 Å². The van der Waals surface area contributed by atoms with Gasteiger partial charge in [0, 0.05) is 0 Å². The number of hydrogen-bond acceptors (Lipinski definition) is 6. The van der Waals surface area contributed by atoms with Crippen molar-refractivity contribution in [3.8, 4) is 23.0 Å². The largest absolute Gasteiger partial charge is 0.494 e. The van der Waals surface area contributed by atoms with Crippen molar-refractivity contribution in [2.75, 3.05) is 13.2 Å². The number of hydrogen-bond donors (Lipinski definition) is 0. The molecule has 0 amide bonds. The third kappa shape index (κ3) is 5.99. The van der Waals surface area contributed by atoms with Gasteiger partial charge in [-0.15, -0.1) is 0 Å². The van der Waals surface area contributed by atoms with Gasteiger partial charge in [-0.2, -0.15) is 0 Å². The molecule has 0 bridgehead atoms. The minimum atomic E-state index is -0.252. The molecule has 3 rings (SSSR count). The summed E-state index contributed by atoms with van der Waals surface area (Å²) in [7, 11) is 0. The third-order valence-electron chi connectivity index (χ3n) is 5.10. The summed E-state index contributed by atoms with van der Waals surface area (Å²) in [6.45, 7) is 5.00. The highest BCUT2D eigenvalue weighted by atomic mass is 16.5. The van der Waals surface area contributed by atoms with Crippen molar-refractivity contribution in [1.82, 2.24) is 0 Å². The van der Waals surface area contributed by atoms with Crippen LogP contribution < -0.4 is 18.9 Å². The van der Waals surface area contributed by atoms with Crippen molar-refractivity contribution in [1.29, 1.82) is 0 Å². The Balaban J connectivity index is 1.45. The van der Waals surface area contributed by atoms with E-state index in [4.69, 9.17) is 18.9 Å². The molecule has 2 aromatic carbocycles. The van der Waals surface area contributed by atoms with E-state index < -0.39 is 0 Å². The number of carbonyl (C=O) groups is 2. The van der Waals surface area contributed by atoms with Gasteiger partial charge in [-0.1, -0.05) is 0 Å². The Morgan fingerprint density at radius 1 is 0.633 bits per heavy atom. The molecule has 160 valence electrons. The molecule has 0 unspecified atom stereocenters. The lowest BCUT2D eigenvalue weighted by molar-refractivity contribution is -0.145. The molecule has 0 spiro atoms. The Kier molecular flexibility index (Phi) is 7.71. The molecule has 1 saturated carbocycles. The summed E-state index contributed by atoms with van der Waals surface area (Å²) in [5, 5.41) is 0. The van der Waals surface area contributed by atoms with Gasteiger partial charge in [0.25, 0.3) is 0 Å². The van der Waals surface area contributed by atoms with E-state index in [1.807, 2.05) is 13.8 Å². The molecule has 1 aliphatic carbocycles. The van der Waals surface area contributed by atoms with Crippen LogP contribution in [-0.2, 0) is 9.59 Å². The van der Waals surface area contributed by atoms with Gasteiger partial charge in [0.1, 0.15) is 23.0 Å². The number of benzene rings is 2. The summed E-state index contributed by atoms with van der Waals surface area (Å²) >= 11 is 0. The summed E-state index contributed by atoms with van der Waals surface area (Å²) in [6, 6.07) is 14.0. The first-order chi connectivity index (χ1) is 14.6. The molecule has 1 aliphatic rings. The zero-order valence-corrected chi connectivity index (χ0v) is 17.5. The van der Waals surface area contributed by atoms with Gasteiger partial charge in [-0.3, -0.25) is 9.59 Å². The molecule has 1 fully saturated rings. The Bertz CT molecular complexity index is 748. The summed E-state index contributed by atoms with van der Waals surface area (Å²) < 4.78 is 21.7. The van der Waals surface area contributed by atoms with E-state index >= 15 is 0 Å². The van der Waals surface area contributed by atoms with E-state index in [1.165, 1.54) is 0 Å². The third-order valence-corrected chi connectivity index (χ3v) is 5.10. The summed E-state index contributed by atoms with van der Waals surface area (Å²) in [5.41, 5.74) is 0. The van der Waals surface area contributed by atoms with Crippen LogP contribution in [0.15, 0.2) is 48.5 Å². The first kappa shape index (κ1) is 21.7. The Labute approximate surface area is 177 Å². The smallest absolute Gasteiger partial charge is 0.314 e. The van der Waals surface area contributed by atoms with Crippen molar-refractivity contribution < 1.29 is 28.5 Å². The molecule has 30 heavy (non-hydrogen) atoms. The van der Waals surface area contributed by atoms with Gasteiger partial charge in [0.05, 0.1) is 25.0 Å². The van der Waals surface area contributed by atoms with Crippen LogP contribution in [0.1, 0.15) is 39.5 Å². The average molecular weight is 412 g/mol. The molecular weight excluding hydrogens is 384 g/mol. The van der Waals surface area contributed by atoms with Gasteiger partial charge in [0.2, 0.25) is 0 Å². The van der Waals surface area contributed by atoms with Crippen LogP contribution in [0.25, 0.3) is 0 Å². The number of esters is 2. The highest BCUT2D eigenvalue weighted by Gasteiger charge is 2.32. The fraction of sp³-hybridized carbons (Fsp3) is 0.417. The Hall–Kier alpha value is -3.02. The first-order valence-corrected chi connectivity index (χ1v) is 10.5. The van der Waals surface area contributed by atoms with Gasteiger partial charge in [-0.25, -0.2) is 0 Å². The van der Waals surface area contributed by atoms with Crippen LogP contribution in [0.5, 0.6) is 23.0 Å². The van der Waals surface area contributed by atoms with Gasteiger partial charge in [-0.05, 0) is 88.1 Å². The number of carbonyl (C=O) groups excluding carboxylic acids is 2. The molecule has 6 heteroatoms. The molecule has 0 aromatic heterocycles. The van der Waals surface area contributed by atoms with E-state index in [2.05, 4.69) is 0 Å². The second kappa shape index (κ2) is 10.7. The Morgan fingerprint density at radius 2 is 0.933 bits per heavy atom. The first-order valence-electron chi connectivity index (χ1n) is 10.5. The quantitative estimate of drug-likeness (QED) is 0.458. The minimum Gasteiger partial charge on any atom is -0.494 e. The monoisotopic (exact) mass is 412 g/mol. The lowest BCUT2D eigenvalue weighted by Gasteiger charge is -2.25. The maximum atomic E-state index is 12.4. The maximum Gasteiger partial charge on any atom is 0.314 e. The van der Waals surface area contributed by atoms with Crippen molar-refractivity contribution in [3.05, 3.63) is 48.5 Å². The fourth-order valence-electron chi connectivity index (χ4n) is 3.50. The summed E-state index contributed by atoms with van der Waals surface area (Å²) in [4.78, 5) is 24.9. The van der Waals surface area contributed by atoms with Crippen LogP contribution in [0.2, 0.25) is 0 Å². The predicted molar refractivity (Wildman–Crippen MR) is 112 cm³/mol. The van der Waals surface area contributed by atoms with Crippen LogP contribution in [0.3, 0.4) is 0 Å². The summed E-state index contributed by atoms with van der Waals surface area (Å²) in [5.74, 6) is 1.57. The standard InChI is InChI=1S/C24H28O6/c1-3-27-19-9-13-21(14-10-19)29-23(25)17-5-7-18(8-6-17)24(26)30-22-15-11-20(12-16-22)28-4-2/h9-18H,3-8H2,1-2H3. The van der Waals surface area contributed by atoms with Crippen LogP contribution in [0, 0.1) is 11.8 Å². The average Bonchev–Trinajstić information content (AvgIpc) is 2.77. The lowest BCUT2D eigenvalue weighted by atomic mass is 9.82. The van der Waals surface area contributed by atoms with Crippen LogP contribution in [0.4, 0.5) is 0 Å². The van der Waals surface area contributed by atoms with E-state index in [1.54, 1.807) is 48.5 Å². The molecule has 6 nitrogen and oxygen atoms in total. The van der Waals surface area contributed by atoms with Gasteiger partial charge < -0.3 is 18.9 Å². The lowest BCUT2D eigenvalue weighted by Crippen LogP contribution is -2.30. The number of ether oxygens (including phenoxy) is 4. The normalized spacial score (nSPS) is 18.3. The maximum absolute atomic E-state index is 12.4.